The maximum Gasteiger partial charge on any atom is 0.236 e. The van der Waals surface area contributed by atoms with Gasteiger partial charge in [-0.2, -0.15) is 5.10 Å². The lowest BCUT2D eigenvalue weighted by atomic mass is 10.3. The van der Waals surface area contributed by atoms with Crippen LogP contribution in [0.5, 0.6) is 0 Å². The lowest BCUT2D eigenvalue weighted by Crippen LogP contribution is -2.40. The minimum atomic E-state index is -0.189. The second kappa shape index (κ2) is 5.65. The lowest BCUT2D eigenvalue weighted by molar-refractivity contribution is -0.122. The first-order valence-electron chi connectivity index (χ1n) is 5.56. The quantitative estimate of drug-likeness (QED) is 0.763. The summed E-state index contributed by atoms with van der Waals surface area (Å²) < 4.78 is 1.94. The molecule has 0 radical (unpaired) electrons. The molecule has 0 saturated heterocycles. The van der Waals surface area contributed by atoms with Gasteiger partial charge in [-0.15, -0.1) is 0 Å². The number of amides is 1. The van der Waals surface area contributed by atoms with Crippen LogP contribution >= 0.6 is 0 Å². The molecule has 1 atom stereocenters. The van der Waals surface area contributed by atoms with E-state index in [0.717, 1.165) is 17.9 Å². The van der Waals surface area contributed by atoms with Crippen LogP contribution in [-0.2, 0) is 17.9 Å². The van der Waals surface area contributed by atoms with Crippen molar-refractivity contribution >= 4 is 5.91 Å². The predicted octanol–water partition coefficient (Wildman–Crippen LogP) is 0.436. The number of nitrogens with zero attached hydrogens (tertiary/aromatic N) is 2. The highest BCUT2D eigenvalue weighted by Gasteiger charge is 2.11. The minimum Gasteiger partial charge on any atom is -0.358 e. The van der Waals surface area contributed by atoms with Gasteiger partial charge >= 0.3 is 0 Å². The van der Waals surface area contributed by atoms with Gasteiger partial charge in [0.05, 0.1) is 17.4 Å². The van der Waals surface area contributed by atoms with Crippen molar-refractivity contribution < 1.29 is 4.79 Å². The molecule has 5 heteroatoms. The zero-order valence-corrected chi connectivity index (χ0v) is 10.4. The van der Waals surface area contributed by atoms with Crippen molar-refractivity contribution in [3.63, 3.8) is 0 Å². The number of carbonyl (C=O) groups is 1. The van der Waals surface area contributed by atoms with E-state index in [1.54, 1.807) is 7.05 Å². The maximum absolute atomic E-state index is 11.3. The molecule has 0 spiro atoms. The SMILES string of the molecule is CCn1nc(C)cc1CNC(C)C(=O)NC. The van der Waals surface area contributed by atoms with E-state index in [0.29, 0.717) is 6.54 Å². The largest absolute Gasteiger partial charge is 0.358 e. The van der Waals surface area contributed by atoms with Gasteiger partial charge in [0.1, 0.15) is 0 Å². The summed E-state index contributed by atoms with van der Waals surface area (Å²) in [4.78, 5) is 11.3. The molecule has 1 aromatic rings. The fourth-order valence-corrected chi connectivity index (χ4v) is 1.58. The number of hydrogen-bond acceptors (Lipinski definition) is 3. The first-order valence-corrected chi connectivity index (χ1v) is 5.56. The fourth-order valence-electron chi connectivity index (χ4n) is 1.58. The lowest BCUT2D eigenvalue weighted by Gasteiger charge is -2.12. The molecule has 0 aromatic carbocycles. The van der Waals surface area contributed by atoms with Crippen LogP contribution < -0.4 is 10.6 Å². The molecule has 1 rings (SSSR count). The third kappa shape index (κ3) is 3.06. The van der Waals surface area contributed by atoms with Crippen LogP contribution in [0.2, 0.25) is 0 Å². The van der Waals surface area contributed by atoms with Gasteiger partial charge in [-0.05, 0) is 26.8 Å². The Kier molecular flexibility index (Phi) is 4.49. The maximum atomic E-state index is 11.3. The van der Waals surface area contributed by atoms with E-state index in [2.05, 4.69) is 22.7 Å². The van der Waals surface area contributed by atoms with E-state index in [1.165, 1.54) is 0 Å². The van der Waals surface area contributed by atoms with Crippen LogP contribution in [0.15, 0.2) is 6.07 Å². The van der Waals surface area contributed by atoms with Gasteiger partial charge < -0.3 is 10.6 Å². The van der Waals surface area contributed by atoms with Crippen LogP contribution in [0.1, 0.15) is 25.2 Å². The predicted molar refractivity (Wildman–Crippen MR) is 63.0 cm³/mol. The highest BCUT2D eigenvalue weighted by atomic mass is 16.2. The van der Waals surface area contributed by atoms with Crippen LogP contribution in [0.25, 0.3) is 0 Å². The summed E-state index contributed by atoms with van der Waals surface area (Å²) in [6.07, 6.45) is 0. The summed E-state index contributed by atoms with van der Waals surface area (Å²) in [6, 6.07) is 1.85. The number of likely N-dealkylation sites (N-methyl/N-ethyl adjacent to an activating group) is 1. The van der Waals surface area contributed by atoms with Crippen molar-refractivity contribution in [1.29, 1.82) is 0 Å². The Hall–Kier alpha value is -1.36. The third-order valence-corrected chi connectivity index (χ3v) is 2.51. The van der Waals surface area contributed by atoms with Crippen molar-refractivity contribution in [2.45, 2.75) is 39.9 Å². The van der Waals surface area contributed by atoms with E-state index in [4.69, 9.17) is 0 Å². The second-order valence-corrected chi connectivity index (χ2v) is 3.81. The molecule has 5 nitrogen and oxygen atoms in total. The zero-order chi connectivity index (χ0) is 12.1. The summed E-state index contributed by atoms with van der Waals surface area (Å²) in [5.41, 5.74) is 2.11. The van der Waals surface area contributed by atoms with E-state index < -0.39 is 0 Å². The van der Waals surface area contributed by atoms with E-state index in [9.17, 15) is 4.79 Å². The van der Waals surface area contributed by atoms with Crippen molar-refractivity contribution in [3.8, 4) is 0 Å². The average molecular weight is 224 g/mol. The van der Waals surface area contributed by atoms with Gasteiger partial charge in [0.25, 0.3) is 0 Å². The number of aryl methyl sites for hydroxylation is 2. The summed E-state index contributed by atoms with van der Waals surface area (Å²) in [7, 11) is 1.64. The van der Waals surface area contributed by atoms with Crippen molar-refractivity contribution in [2.24, 2.45) is 0 Å². The molecule has 0 aliphatic rings. The van der Waals surface area contributed by atoms with Gasteiger partial charge in [0.15, 0.2) is 0 Å². The van der Waals surface area contributed by atoms with Crippen LogP contribution in [-0.4, -0.2) is 28.8 Å². The van der Waals surface area contributed by atoms with Gasteiger partial charge in [0, 0.05) is 20.1 Å². The van der Waals surface area contributed by atoms with Crippen LogP contribution in [0.3, 0.4) is 0 Å². The number of nitrogens with one attached hydrogen (secondary N) is 2. The van der Waals surface area contributed by atoms with Crippen molar-refractivity contribution in [2.75, 3.05) is 7.05 Å². The van der Waals surface area contributed by atoms with E-state index in [-0.39, 0.29) is 11.9 Å². The Bertz CT molecular complexity index is 359. The normalized spacial score (nSPS) is 12.5. The second-order valence-electron chi connectivity index (χ2n) is 3.81. The molecule has 0 fully saturated rings. The zero-order valence-electron chi connectivity index (χ0n) is 10.4. The summed E-state index contributed by atoms with van der Waals surface area (Å²) in [5.74, 6) is -0.000661. The summed E-state index contributed by atoms with van der Waals surface area (Å²) in [6.45, 7) is 7.37. The Morgan fingerprint density at radius 3 is 2.88 bits per heavy atom. The van der Waals surface area contributed by atoms with Gasteiger partial charge in [-0.1, -0.05) is 0 Å². The first-order chi connectivity index (χ1) is 7.58. The molecule has 2 N–H and O–H groups in total. The third-order valence-electron chi connectivity index (χ3n) is 2.51. The molecule has 1 unspecified atom stereocenters. The molecule has 1 aromatic heterocycles. The molecule has 90 valence electrons. The van der Waals surface area contributed by atoms with Crippen molar-refractivity contribution in [1.82, 2.24) is 20.4 Å². The summed E-state index contributed by atoms with van der Waals surface area (Å²) >= 11 is 0. The number of carbonyl (C=O) groups excluding carboxylic acids is 1. The minimum absolute atomic E-state index is 0.000661. The van der Waals surface area contributed by atoms with Gasteiger partial charge in [-0.3, -0.25) is 9.48 Å². The first kappa shape index (κ1) is 12.7. The Morgan fingerprint density at radius 2 is 2.31 bits per heavy atom. The topological polar surface area (TPSA) is 59.0 Å². The molecule has 0 bridgehead atoms. The molecule has 0 saturated carbocycles. The number of aromatic nitrogens is 2. The molecule has 16 heavy (non-hydrogen) atoms. The molecular formula is C11H20N4O. The highest BCUT2D eigenvalue weighted by Crippen LogP contribution is 2.03. The highest BCUT2D eigenvalue weighted by molar-refractivity contribution is 5.80. The average Bonchev–Trinajstić information content (AvgIpc) is 2.65. The monoisotopic (exact) mass is 224 g/mol. The van der Waals surface area contributed by atoms with E-state index >= 15 is 0 Å². The van der Waals surface area contributed by atoms with E-state index in [1.807, 2.05) is 24.6 Å². The molecule has 1 heterocycles. The standard InChI is InChI=1S/C11H20N4O/c1-5-15-10(6-8(2)14-15)7-13-9(3)11(16)12-4/h6,9,13H,5,7H2,1-4H3,(H,12,16). The molecule has 1 amide bonds. The molecular weight excluding hydrogens is 204 g/mol. The Balaban J connectivity index is 2.57. The van der Waals surface area contributed by atoms with Gasteiger partial charge in [-0.25, -0.2) is 0 Å². The Morgan fingerprint density at radius 1 is 1.62 bits per heavy atom. The fraction of sp³-hybridized carbons (Fsp3) is 0.636. The molecule has 0 aliphatic heterocycles. The number of rotatable bonds is 5. The summed E-state index contributed by atoms with van der Waals surface area (Å²) in [5, 5.41) is 10.1. The van der Waals surface area contributed by atoms with Crippen LogP contribution in [0.4, 0.5) is 0 Å². The van der Waals surface area contributed by atoms with Gasteiger partial charge in [0.2, 0.25) is 5.91 Å². The molecule has 0 aliphatic carbocycles. The van der Waals surface area contributed by atoms with Crippen molar-refractivity contribution in [3.05, 3.63) is 17.5 Å². The van der Waals surface area contributed by atoms with Crippen LogP contribution in [0, 0.1) is 6.92 Å². The Labute approximate surface area is 96.2 Å². The number of hydrogen-bond donors (Lipinski definition) is 2. The smallest absolute Gasteiger partial charge is 0.236 e.